The molecule has 1 heterocycles. The van der Waals surface area contributed by atoms with Gasteiger partial charge in [0.1, 0.15) is 0 Å². The van der Waals surface area contributed by atoms with Gasteiger partial charge in [-0.2, -0.15) is 0 Å². The van der Waals surface area contributed by atoms with E-state index < -0.39 is 0 Å². The third-order valence-corrected chi connectivity index (χ3v) is 2.57. The second kappa shape index (κ2) is 4.40. The summed E-state index contributed by atoms with van der Waals surface area (Å²) in [5.41, 5.74) is 0. The lowest BCUT2D eigenvalue weighted by Crippen LogP contribution is -2.21. The quantitative estimate of drug-likeness (QED) is 0.426. The third-order valence-electron chi connectivity index (χ3n) is 2.57. The number of rotatable bonds is 0. The van der Waals surface area contributed by atoms with E-state index in [4.69, 9.17) is 0 Å². The number of fused-ring (bicyclic) bond motifs is 1. The third kappa shape index (κ3) is 1.90. The second-order valence-corrected chi connectivity index (χ2v) is 3.24. The zero-order valence-corrected chi connectivity index (χ0v) is 8.21. The molecule has 0 spiro atoms. The van der Waals surface area contributed by atoms with E-state index in [-0.39, 0.29) is 23.8 Å². The summed E-state index contributed by atoms with van der Waals surface area (Å²) in [4.78, 5) is 22.0. The second-order valence-electron chi connectivity index (χ2n) is 3.24. The fourth-order valence-electron chi connectivity index (χ4n) is 1.95. The molecule has 3 nitrogen and oxygen atoms in total. The van der Waals surface area contributed by atoms with E-state index in [1.807, 2.05) is 13.8 Å². The highest BCUT2D eigenvalue weighted by atomic mass is 16.6. The first-order chi connectivity index (χ1) is 6.29. The van der Waals surface area contributed by atoms with Gasteiger partial charge in [0.05, 0.1) is 11.8 Å². The number of carbonyl (C=O) groups excluding carboxylic acids is 2. The number of ether oxygens (including phenoxy) is 1. The maximum Gasteiger partial charge on any atom is 0.317 e. The van der Waals surface area contributed by atoms with Gasteiger partial charge in [-0.25, -0.2) is 0 Å². The number of cyclic esters (lactones) is 2. The Hall–Kier alpha value is -0.860. The van der Waals surface area contributed by atoms with E-state index in [1.165, 1.54) is 0 Å². The molecular weight excluding hydrogens is 168 g/mol. The van der Waals surface area contributed by atoms with Crippen LogP contribution in [0.1, 0.15) is 39.5 Å². The van der Waals surface area contributed by atoms with Gasteiger partial charge in [-0.1, -0.05) is 26.7 Å². The van der Waals surface area contributed by atoms with Crippen LogP contribution >= 0.6 is 0 Å². The normalized spacial score (nSPS) is 31.5. The van der Waals surface area contributed by atoms with Crippen molar-refractivity contribution in [1.82, 2.24) is 0 Å². The van der Waals surface area contributed by atoms with Crippen LogP contribution in [0.2, 0.25) is 0 Å². The number of hydrogen-bond donors (Lipinski definition) is 0. The maximum atomic E-state index is 11.0. The number of carbonyl (C=O) groups is 2. The van der Waals surface area contributed by atoms with Crippen LogP contribution in [0.25, 0.3) is 0 Å². The van der Waals surface area contributed by atoms with Crippen molar-refractivity contribution in [3.8, 4) is 0 Å². The van der Waals surface area contributed by atoms with Crippen molar-refractivity contribution in [2.24, 2.45) is 11.8 Å². The molecule has 2 rings (SSSR count). The Morgan fingerprint density at radius 3 is 1.77 bits per heavy atom. The molecule has 3 heteroatoms. The molecule has 13 heavy (non-hydrogen) atoms. The van der Waals surface area contributed by atoms with Crippen molar-refractivity contribution in [2.45, 2.75) is 39.5 Å². The SMILES string of the molecule is CC.O=C1OC(=O)C2CCCCC12. The van der Waals surface area contributed by atoms with E-state index in [9.17, 15) is 9.59 Å². The minimum atomic E-state index is -0.292. The molecular formula is C10H16O3. The molecule has 2 fully saturated rings. The van der Waals surface area contributed by atoms with Gasteiger partial charge in [0, 0.05) is 0 Å². The van der Waals surface area contributed by atoms with Crippen molar-refractivity contribution in [3.63, 3.8) is 0 Å². The molecule has 1 aliphatic carbocycles. The molecule has 0 aromatic carbocycles. The van der Waals surface area contributed by atoms with Crippen LogP contribution in [0.3, 0.4) is 0 Å². The molecule has 2 unspecified atom stereocenters. The van der Waals surface area contributed by atoms with E-state index in [2.05, 4.69) is 4.74 Å². The molecule has 1 aliphatic heterocycles. The predicted octanol–water partition coefficient (Wildman–Crippen LogP) is 1.90. The van der Waals surface area contributed by atoms with Gasteiger partial charge in [0.2, 0.25) is 0 Å². The molecule has 0 N–H and O–H groups in total. The molecule has 0 radical (unpaired) electrons. The summed E-state index contributed by atoms with van der Waals surface area (Å²) < 4.78 is 4.53. The summed E-state index contributed by atoms with van der Waals surface area (Å²) in [6.07, 6.45) is 3.80. The molecule has 2 atom stereocenters. The van der Waals surface area contributed by atoms with Crippen molar-refractivity contribution in [3.05, 3.63) is 0 Å². The van der Waals surface area contributed by atoms with Crippen LogP contribution in [0.5, 0.6) is 0 Å². The zero-order valence-electron chi connectivity index (χ0n) is 8.21. The first-order valence-electron chi connectivity index (χ1n) is 5.04. The topological polar surface area (TPSA) is 43.4 Å². The summed E-state index contributed by atoms with van der Waals surface area (Å²) in [5.74, 6) is -0.785. The van der Waals surface area contributed by atoms with Gasteiger partial charge in [0.15, 0.2) is 0 Å². The van der Waals surface area contributed by atoms with E-state index in [1.54, 1.807) is 0 Å². The lowest BCUT2D eigenvalue weighted by atomic mass is 9.81. The Kier molecular flexibility index (Phi) is 3.46. The summed E-state index contributed by atoms with van der Waals surface area (Å²) in [6, 6.07) is 0. The van der Waals surface area contributed by atoms with Gasteiger partial charge in [-0.15, -0.1) is 0 Å². The lowest BCUT2D eigenvalue weighted by molar-refractivity contribution is -0.153. The Bertz CT molecular complexity index is 188. The molecule has 0 amide bonds. The maximum absolute atomic E-state index is 11.0. The molecule has 0 bridgehead atoms. The summed E-state index contributed by atoms with van der Waals surface area (Å²) in [5, 5.41) is 0. The molecule has 1 saturated carbocycles. The van der Waals surface area contributed by atoms with E-state index >= 15 is 0 Å². The zero-order chi connectivity index (χ0) is 9.84. The Balaban J connectivity index is 0.000000396. The van der Waals surface area contributed by atoms with Gasteiger partial charge in [-0.05, 0) is 12.8 Å². The minimum Gasteiger partial charge on any atom is -0.393 e. The fourth-order valence-corrected chi connectivity index (χ4v) is 1.95. The fraction of sp³-hybridized carbons (Fsp3) is 0.800. The highest BCUT2D eigenvalue weighted by Crippen LogP contribution is 2.36. The van der Waals surface area contributed by atoms with E-state index in [0.29, 0.717) is 0 Å². The average molecular weight is 184 g/mol. The number of hydrogen-bond acceptors (Lipinski definition) is 3. The monoisotopic (exact) mass is 184 g/mol. The van der Waals surface area contributed by atoms with Crippen LogP contribution in [-0.4, -0.2) is 11.9 Å². The summed E-state index contributed by atoms with van der Waals surface area (Å²) >= 11 is 0. The van der Waals surface area contributed by atoms with Crippen LogP contribution in [0.15, 0.2) is 0 Å². The highest BCUT2D eigenvalue weighted by Gasteiger charge is 2.44. The van der Waals surface area contributed by atoms with Crippen molar-refractivity contribution < 1.29 is 14.3 Å². The number of esters is 2. The molecule has 74 valence electrons. The highest BCUT2D eigenvalue weighted by molar-refractivity contribution is 5.96. The van der Waals surface area contributed by atoms with Gasteiger partial charge >= 0.3 is 11.9 Å². The predicted molar refractivity (Wildman–Crippen MR) is 47.9 cm³/mol. The van der Waals surface area contributed by atoms with Crippen LogP contribution in [0.4, 0.5) is 0 Å². The van der Waals surface area contributed by atoms with Crippen LogP contribution in [-0.2, 0) is 14.3 Å². The molecule has 0 aromatic rings. The Labute approximate surface area is 78.5 Å². The molecule has 2 aliphatic rings. The molecule has 1 saturated heterocycles. The minimum absolute atomic E-state index is 0.101. The first kappa shape index (κ1) is 10.2. The van der Waals surface area contributed by atoms with Crippen LogP contribution < -0.4 is 0 Å². The van der Waals surface area contributed by atoms with Crippen molar-refractivity contribution in [1.29, 1.82) is 0 Å². The standard InChI is InChI=1S/C8H10O3.C2H6/c9-7-5-3-1-2-4-6(5)8(10)11-7;1-2/h5-6H,1-4H2;1-2H3. The summed E-state index contributed by atoms with van der Waals surface area (Å²) in [7, 11) is 0. The Morgan fingerprint density at radius 2 is 1.38 bits per heavy atom. The van der Waals surface area contributed by atoms with E-state index in [0.717, 1.165) is 25.7 Å². The molecule has 0 aromatic heterocycles. The largest absolute Gasteiger partial charge is 0.393 e. The lowest BCUT2D eigenvalue weighted by Gasteiger charge is -2.18. The Morgan fingerprint density at radius 1 is 1.00 bits per heavy atom. The first-order valence-corrected chi connectivity index (χ1v) is 5.04. The van der Waals surface area contributed by atoms with Gasteiger partial charge in [0.25, 0.3) is 0 Å². The van der Waals surface area contributed by atoms with Crippen molar-refractivity contribution in [2.75, 3.05) is 0 Å². The summed E-state index contributed by atoms with van der Waals surface area (Å²) in [6.45, 7) is 4.00. The smallest absolute Gasteiger partial charge is 0.317 e. The van der Waals surface area contributed by atoms with Gasteiger partial charge in [-0.3, -0.25) is 9.59 Å². The van der Waals surface area contributed by atoms with Crippen molar-refractivity contribution >= 4 is 11.9 Å². The van der Waals surface area contributed by atoms with Crippen LogP contribution in [0, 0.1) is 11.8 Å². The van der Waals surface area contributed by atoms with Gasteiger partial charge < -0.3 is 4.74 Å². The average Bonchev–Trinajstić information content (AvgIpc) is 2.47.